The topological polar surface area (TPSA) is 180 Å². The second kappa shape index (κ2) is 13.6. The van der Waals surface area contributed by atoms with Gasteiger partial charge in [0.1, 0.15) is 30.1 Å². The summed E-state index contributed by atoms with van der Waals surface area (Å²) in [5.74, 6) is -2.43. The number of nitrogens with zero attached hydrogens (tertiary/aromatic N) is 4. The lowest BCUT2D eigenvalue weighted by molar-refractivity contribution is -0.142. The number of hydrogen-bond acceptors (Lipinski definition) is 10. The number of alkyl carbamates (subject to hydrolysis) is 1. The molecular formula is C35H45N7O7S. The monoisotopic (exact) mass is 707 g/mol. The summed E-state index contributed by atoms with van der Waals surface area (Å²) in [5.41, 5.74) is 0.161. The Morgan fingerprint density at radius 2 is 1.68 bits per heavy atom. The van der Waals surface area contributed by atoms with E-state index in [9.17, 15) is 27.6 Å². The molecule has 3 aliphatic carbocycles. The second-order valence-electron chi connectivity index (χ2n) is 14.8. The zero-order valence-corrected chi connectivity index (χ0v) is 29.4. The molecule has 4 atom stereocenters. The highest BCUT2D eigenvalue weighted by molar-refractivity contribution is 7.91. The maximum atomic E-state index is 14.5. The average Bonchev–Trinajstić information content (AvgIpc) is 3.96. The van der Waals surface area contributed by atoms with Crippen molar-refractivity contribution in [3.8, 4) is 11.1 Å². The molecule has 1 aromatic heterocycles. The minimum Gasteiger partial charge on any atom is -0.446 e. The number of anilines is 1. The molecule has 0 radical (unpaired) electrons. The lowest BCUT2D eigenvalue weighted by atomic mass is 9.85. The number of hydrogen-bond donors (Lipinski definition) is 3. The molecule has 2 heterocycles. The molecule has 0 spiro atoms. The first-order valence-electron chi connectivity index (χ1n) is 17.1. The first kappa shape index (κ1) is 35.3. The quantitative estimate of drug-likeness (QED) is 0.294. The number of benzene rings is 1. The highest BCUT2D eigenvalue weighted by Crippen LogP contribution is 2.45. The summed E-state index contributed by atoms with van der Waals surface area (Å²) in [7, 11) is -3.87. The number of rotatable bonds is 11. The Kier molecular flexibility index (Phi) is 9.64. The third kappa shape index (κ3) is 7.47. The molecule has 1 aliphatic heterocycles. The van der Waals surface area contributed by atoms with Crippen molar-refractivity contribution in [3.63, 3.8) is 0 Å². The summed E-state index contributed by atoms with van der Waals surface area (Å²) < 4.78 is 33.1. The molecule has 4 amide bonds. The molecule has 14 nitrogen and oxygen atoms in total. The number of ether oxygens (including phenoxy) is 1. The number of nitrogens with one attached hydrogen (secondary N) is 3. The fraction of sp³-hybridized carbons (Fsp3) is 0.543. The molecule has 4 fully saturated rings. The van der Waals surface area contributed by atoms with Crippen molar-refractivity contribution in [2.24, 2.45) is 11.3 Å². The van der Waals surface area contributed by atoms with Gasteiger partial charge < -0.3 is 25.2 Å². The molecular weight excluding hydrogens is 662 g/mol. The number of carbonyl (C=O) groups is 4. The Morgan fingerprint density at radius 1 is 1.02 bits per heavy atom. The van der Waals surface area contributed by atoms with Crippen LogP contribution < -0.4 is 20.3 Å². The molecule has 6 rings (SSSR count). The molecule has 15 heteroatoms. The standard InChI is InChI=1S/C35H45N7O7S/c1-5-24-16-35(24,32(45)40-50(47,48)27-14-15-27)39-30(43)28-19-41(25-12-10-22(11-13-25)23-17-36-20-37-18-23)21-42(28)31(44)29(34(2,3)4)38-33(46)49-26-8-6-7-9-26/h5,10-13,17-18,20,24,26-29H,1,6-9,14-16,19,21H2,2-4H3,(H,38,46)(H,39,43)(H,40,45)/t24-,28+,29-,35-/m1/s1. The minimum absolute atomic E-state index is 0.0107. The van der Waals surface area contributed by atoms with E-state index < -0.39 is 68.0 Å². The van der Waals surface area contributed by atoms with Gasteiger partial charge in [-0.15, -0.1) is 6.58 Å². The molecule has 4 aliphatic rings. The highest BCUT2D eigenvalue weighted by atomic mass is 32.2. The van der Waals surface area contributed by atoms with Crippen LogP contribution in [0.3, 0.4) is 0 Å². The van der Waals surface area contributed by atoms with E-state index in [2.05, 4.69) is 31.9 Å². The van der Waals surface area contributed by atoms with Crippen LogP contribution in [0.25, 0.3) is 11.1 Å². The van der Waals surface area contributed by atoms with Gasteiger partial charge in [0.25, 0.3) is 5.91 Å². The molecule has 2 aromatic rings. The van der Waals surface area contributed by atoms with E-state index >= 15 is 0 Å². The van der Waals surface area contributed by atoms with Crippen molar-refractivity contribution in [2.45, 2.75) is 94.7 Å². The summed E-state index contributed by atoms with van der Waals surface area (Å²) in [6.07, 6.45) is 10.1. The predicted molar refractivity (Wildman–Crippen MR) is 185 cm³/mol. The Morgan fingerprint density at radius 3 is 2.26 bits per heavy atom. The van der Waals surface area contributed by atoms with Gasteiger partial charge in [-0.05, 0) is 68.1 Å². The third-order valence-electron chi connectivity index (χ3n) is 10.0. The zero-order chi connectivity index (χ0) is 35.8. The van der Waals surface area contributed by atoms with Crippen molar-refractivity contribution in [3.05, 3.63) is 55.6 Å². The number of sulfonamides is 1. The van der Waals surface area contributed by atoms with Gasteiger partial charge in [-0.25, -0.2) is 23.2 Å². The van der Waals surface area contributed by atoms with Crippen LogP contribution >= 0.6 is 0 Å². The largest absolute Gasteiger partial charge is 0.446 e. The lowest BCUT2D eigenvalue weighted by Crippen LogP contribution is -2.60. The lowest BCUT2D eigenvalue weighted by Gasteiger charge is -2.35. The van der Waals surface area contributed by atoms with Crippen molar-refractivity contribution < 1.29 is 32.3 Å². The summed E-state index contributed by atoms with van der Waals surface area (Å²) in [6.45, 7) is 9.31. The molecule has 0 unspecified atom stereocenters. The molecule has 268 valence electrons. The zero-order valence-electron chi connectivity index (χ0n) is 28.6. The van der Waals surface area contributed by atoms with Gasteiger partial charge in [-0.1, -0.05) is 39.0 Å². The van der Waals surface area contributed by atoms with E-state index in [1.165, 1.54) is 17.3 Å². The minimum atomic E-state index is -3.87. The second-order valence-corrected chi connectivity index (χ2v) is 16.8. The molecule has 1 aromatic carbocycles. The van der Waals surface area contributed by atoms with Crippen LogP contribution in [-0.4, -0.2) is 89.3 Å². The van der Waals surface area contributed by atoms with Crippen molar-refractivity contribution >= 4 is 39.5 Å². The van der Waals surface area contributed by atoms with Gasteiger partial charge in [-0.2, -0.15) is 0 Å². The third-order valence-corrected chi connectivity index (χ3v) is 11.8. The van der Waals surface area contributed by atoms with Crippen LogP contribution in [0.4, 0.5) is 10.5 Å². The fourth-order valence-corrected chi connectivity index (χ4v) is 8.10. The number of amides is 4. The molecule has 50 heavy (non-hydrogen) atoms. The van der Waals surface area contributed by atoms with Crippen LogP contribution in [0.5, 0.6) is 0 Å². The Hall–Kier alpha value is -4.53. The van der Waals surface area contributed by atoms with Gasteiger partial charge in [0.05, 0.1) is 11.9 Å². The molecule has 3 saturated carbocycles. The maximum absolute atomic E-state index is 14.5. The van der Waals surface area contributed by atoms with Crippen LogP contribution in [-0.2, 0) is 29.1 Å². The van der Waals surface area contributed by atoms with Gasteiger partial charge in [-0.3, -0.25) is 19.1 Å². The van der Waals surface area contributed by atoms with Crippen molar-refractivity contribution in [2.75, 3.05) is 18.1 Å². The van der Waals surface area contributed by atoms with Gasteiger partial charge in [0.2, 0.25) is 21.8 Å². The Bertz CT molecular complexity index is 1740. The summed E-state index contributed by atoms with van der Waals surface area (Å²) >= 11 is 0. The van der Waals surface area contributed by atoms with E-state index in [4.69, 9.17) is 4.74 Å². The number of aromatic nitrogens is 2. The Balaban J connectivity index is 1.26. The van der Waals surface area contributed by atoms with E-state index in [0.717, 1.165) is 42.5 Å². The molecule has 3 N–H and O–H groups in total. The smallest absolute Gasteiger partial charge is 0.408 e. The van der Waals surface area contributed by atoms with Crippen LogP contribution in [0.15, 0.2) is 55.6 Å². The summed E-state index contributed by atoms with van der Waals surface area (Å²) in [6, 6.07) is 5.40. The van der Waals surface area contributed by atoms with Gasteiger partial charge in [0.15, 0.2) is 0 Å². The maximum Gasteiger partial charge on any atom is 0.408 e. The normalized spacial score (nSPS) is 24.3. The van der Waals surface area contributed by atoms with E-state index in [1.807, 2.05) is 49.9 Å². The van der Waals surface area contributed by atoms with Crippen LogP contribution in [0.1, 0.15) is 65.7 Å². The van der Waals surface area contributed by atoms with Crippen LogP contribution in [0, 0.1) is 11.3 Å². The first-order valence-corrected chi connectivity index (χ1v) is 18.6. The van der Waals surface area contributed by atoms with Gasteiger partial charge >= 0.3 is 6.09 Å². The van der Waals surface area contributed by atoms with Crippen molar-refractivity contribution in [1.29, 1.82) is 0 Å². The van der Waals surface area contributed by atoms with E-state index in [0.29, 0.717) is 12.8 Å². The van der Waals surface area contributed by atoms with Crippen molar-refractivity contribution in [1.82, 2.24) is 30.2 Å². The van der Waals surface area contributed by atoms with E-state index in [-0.39, 0.29) is 25.7 Å². The first-order chi connectivity index (χ1) is 23.7. The molecule has 1 saturated heterocycles. The average molecular weight is 708 g/mol. The fourth-order valence-electron chi connectivity index (χ4n) is 6.74. The highest BCUT2D eigenvalue weighted by Gasteiger charge is 2.62. The SMILES string of the molecule is C=C[C@@H]1C[C@]1(NC(=O)[C@@H]1CN(c2ccc(-c3cncnc3)cc2)CN1C(=O)[C@@H](NC(=O)OC1CCCC1)C(C)(C)C)C(=O)NS(=O)(=O)C1CC1. The van der Waals surface area contributed by atoms with E-state index in [1.54, 1.807) is 12.4 Å². The van der Waals surface area contributed by atoms with Gasteiger partial charge in [0, 0.05) is 36.1 Å². The Labute approximate surface area is 292 Å². The summed E-state index contributed by atoms with van der Waals surface area (Å²) in [5, 5.41) is 4.97. The predicted octanol–water partition coefficient (Wildman–Crippen LogP) is 2.87. The number of carbonyl (C=O) groups excluding carboxylic acids is 4. The summed E-state index contributed by atoms with van der Waals surface area (Å²) in [4.78, 5) is 66.6. The van der Waals surface area contributed by atoms with Crippen LogP contribution in [0.2, 0.25) is 0 Å². The molecule has 0 bridgehead atoms.